The maximum Gasteiger partial charge on any atom is 0.165 e. The molecule has 1 unspecified atom stereocenters. The second-order valence-corrected chi connectivity index (χ2v) is 6.33. The second-order valence-electron chi connectivity index (χ2n) is 6.33. The lowest BCUT2D eigenvalue weighted by Gasteiger charge is -2.28. The van der Waals surface area contributed by atoms with Gasteiger partial charge in [0.1, 0.15) is 17.2 Å². The fourth-order valence-corrected chi connectivity index (χ4v) is 3.55. The highest BCUT2D eigenvalue weighted by Gasteiger charge is 2.32. The summed E-state index contributed by atoms with van der Waals surface area (Å²) in [5.74, 6) is 1.95. The fourth-order valence-electron chi connectivity index (χ4n) is 3.55. The Hall–Kier alpha value is -2.27. The quantitative estimate of drug-likeness (QED) is 0.744. The van der Waals surface area contributed by atoms with Crippen molar-refractivity contribution in [2.75, 3.05) is 6.54 Å². The van der Waals surface area contributed by atoms with Crippen LogP contribution < -0.4 is 0 Å². The van der Waals surface area contributed by atoms with E-state index in [0.717, 1.165) is 35.8 Å². The fraction of sp³-hybridized carbons (Fsp3) is 0.389. The summed E-state index contributed by atoms with van der Waals surface area (Å²) in [7, 11) is 0. The molecule has 0 spiro atoms. The van der Waals surface area contributed by atoms with Gasteiger partial charge < -0.3 is 0 Å². The van der Waals surface area contributed by atoms with E-state index in [9.17, 15) is 0 Å². The van der Waals surface area contributed by atoms with E-state index in [1.807, 2.05) is 42.7 Å². The largest absolute Gasteiger partial charge is 0.291 e. The SMILES string of the molecule is CC(C)N1CCCC1c1nc2cccnc2n1-c1ccccn1. The van der Waals surface area contributed by atoms with Gasteiger partial charge in [0.25, 0.3) is 0 Å². The van der Waals surface area contributed by atoms with Crippen LogP contribution >= 0.6 is 0 Å². The van der Waals surface area contributed by atoms with Gasteiger partial charge in [-0.05, 0) is 57.5 Å². The molecule has 0 N–H and O–H groups in total. The number of likely N-dealkylation sites (tertiary alicyclic amines) is 1. The van der Waals surface area contributed by atoms with Crippen LogP contribution in [-0.2, 0) is 0 Å². The van der Waals surface area contributed by atoms with Crippen molar-refractivity contribution in [3.8, 4) is 5.82 Å². The van der Waals surface area contributed by atoms with Crippen LogP contribution in [0.4, 0.5) is 0 Å². The first-order valence-corrected chi connectivity index (χ1v) is 8.26. The Balaban J connectivity index is 1.93. The number of aromatic nitrogens is 4. The lowest BCUT2D eigenvalue weighted by Crippen LogP contribution is -2.31. The molecule has 0 saturated carbocycles. The van der Waals surface area contributed by atoms with Crippen molar-refractivity contribution in [1.82, 2.24) is 24.4 Å². The van der Waals surface area contributed by atoms with Gasteiger partial charge in [-0.25, -0.2) is 15.0 Å². The summed E-state index contributed by atoms with van der Waals surface area (Å²) < 4.78 is 2.13. The maximum absolute atomic E-state index is 4.92. The lowest BCUT2D eigenvalue weighted by atomic mass is 10.2. The number of nitrogens with zero attached hydrogens (tertiary/aromatic N) is 5. The van der Waals surface area contributed by atoms with Crippen molar-refractivity contribution < 1.29 is 0 Å². The van der Waals surface area contributed by atoms with E-state index in [1.165, 1.54) is 6.42 Å². The predicted octanol–water partition coefficient (Wildman–Crippen LogP) is 3.36. The molecule has 5 nitrogen and oxygen atoms in total. The van der Waals surface area contributed by atoms with E-state index in [-0.39, 0.29) is 0 Å². The number of imidazole rings is 1. The second kappa shape index (κ2) is 5.74. The first kappa shape index (κ1) is 14.3. The molecule has 23 heavy (non-hydrogen) atoms. The number of pyridine rings is 2. The van der Waals surface area contributed by atoms with Gasteiger partial charge in [-0.2, -0.15) is 0 Å². The van der Waals surface area contributed by atoms with Crippen molar-refractivity contribution in [1.29, 1.82) is 0 Å². The van der Waals surface area contributed by atoms with Crippen molar-refractivity contribution in [2.24, 2.45) is 0 Å². The molecule has 4 rings (SSSR count). The Morgan fingerprint density at radius 2 is 1.96 bits per heavy atom. The topological polar surface area (TPSA) is 46.8 Å². The molecule has 3 aromatic heterocycles. The summed E-state index contributed by atoms with van der Waals surface area (Å²) in [5, 5.41) is 0. The third kappa shape index (κ3) is 2.41. The van der Waals surface area contributed by atoms with E-state index >= 15 is 0 Å². The standard InChI is InChI=1S/C18H21N5/c1-13(2)22-12-6-8-15(22)18-21-14-7-5-11-20-17(14)23(18)16-9-3-4-10-19-16/h3-5,7,9-11,13,15H,6,8,12H2,1-2H3. The molecule has 0 bridgehead atoms. The van der Waals surface area contributed by atoms with Crippen molar-refractivity contribution in [3.63, 3.8) is 0 Å². The molecule has 0 amide bonds. The summed E-state index contributed by atoms with van der Waals surface area (Å²) in [6.45, 7) is 5.63. The van der Waals surface area contributed by atoms with Gasteiger partial charge in [-0.15, -0.1) is 0 Å². The van der Waals surface area contributed by atoms with Crippen LogP contribution in [-0.4, -0.2) is 37.0 Å². The Kier molecular flexibility index (Phi) is 3.58. The first-order valence-electron chi connectivity index (χ1n) is 8.26. The van der Waals surface area contributed by atoms with Crippen LogP contribution in [0.1, 0.15) is 38.6 Å². The Morgan fingerprint density at radius 3 is 2.74 bits per heavy atom. The van der Waals surface area contributed by atoms with Gasteiger partial charge in [0.05, 0.1) is 6.04 Å². The van der Waals surface area contributed by atoms with Gasteiger partial charge in [0, 0.05) is 18.4 Å². The third-order valence-electron chi connectivity index (χ3n) is 4.58. The van der Waals surface area contributed by atoms with Crippen LogP contribution in [0.15, 0.2) is 42.7 Å². The lowest BCUT2D eigenvalue weighted by molar-refractivity contribution is 0.197. The monoisotopic (exact) mass is 307 g/mol. The summed E-state index contributed by atoms with van der Waals surface area (Å²) in [4.78, 5) is 16.6. The van der Waals surface area contributed by atoms with E-state index in [1.54, 1.807) is 0 Å². The highest BCUT2D eigenvalue weighted by Crippen LogP contribution is 2.35. The Labute approximate surface area is 136 Å². The van der Waals surface area contributed by atoms with Gasteiger partial charge >= 0.3 is 0 Å². The molecule has 0 radical (unpaired) electrons. The zero-order chi connectivity index (χ0) is 15.8. The van der Waals surface area contributed by atoms with E-state index in [4.69, 9.17) is 4.98 Å². The summed E-state index contributed by atoms with van der Waals surface area (Å²) in [5.41, 5.74) is 1.82. The molecule has 0 aliphatic carbocycles. The molecule has 1 atom stereocenters. The predicted molar refractivity (Wildman–Crippen MR) is 90.5 cm³/mol. The molecular formula is C18H21N5. The molecule has 1 saturated heterocycles. The van der Waals surface area contributed by atoms with Crippen molar-refractivity contribution in [2.45, 2.75) is 38.8 Å². The van der Waals surface area contributed by atoms with Crippen LogP contribution in [0.25, 0.3) is 17.0 Å². The molecule has 1 aliphatic heterocycles. The van der Waals surface area contributed by atoms with Gasteiger partial charge in [-0.1, -0.05) is 6.07 Å². The summed E-state index contributed by atoms with van der Waals surface area (Å²) >= 11 is 0. The smallest absolute Gasteiger partial charge is 0.165 e. The molecule has 118 valence electrons. The average Bonchev–Trinajstić information content (AvgIpc) is 3.20. The Morgan fingerprint density at radius 1 is 1.09 bits per heavy atom. The highest BCUT2D eigenvalue weighted by molar-refractivity contribution is 5.73. The summed E-state index contributed by atoms with van der Waals surface area (Å²) in [6.07, 6.45) is 5.99. The van der Waals surface area contributed by atoms with Gasteiger partial charge in [-0.3, -0.25) is 9.47 Å². The number of rotatable bonds is 3. The molecule has 4 heterocycles. The van der Waals surface area contributed by atoms with Crippen LogP contribution in [0.2, 0.25) is 0 Å². The van der Waals surface area contributed by atoms with Gasteiger partial charge in [0.2, 0.25) is 0 Å². The molecule has 0 aromatic carbocycles. The van der Waals surface area contributed by atoms with E-state index < -0.39 is 0 Å². The highest BCUT2D eigenvalue weighted by atomic mass is 15.3. The normalized spacial score (nSPS) is 19.0. The zero-order valence-corrected chi connectivity index (χ0v) is 13.6. The molecular weight excluding hydrogens is 286 g/mol. The minimum absolute atomic E-state index is 0.325. The van der Waals surface area contributed by atoms with Crippen molar-refractivity contribution >= 4 is 11.2 Å². The van der Waals surface area contributed by atoms with Crippen LogP contribution in [0.5, 0.6) is 0 Å². The summed E-state index contributed by atoms with van der Waals surface area (Å²) in [6, 6.07) is 10.8. The number of fused-ring (bicyclic) bond motifs is 1. The van der Waals surface area contributed by atoms with Crippen LogP contribution in [0, 0.1) is 0 Å². The van der Waals surface area contributed by atoms with Gasteiger partial charge in [0.15, 0.2) is 5.65 Å². The minimum atomic E-state index is 0.325. The number of hydrogen-bond donors (Lipinski definition) is 0. The molecule has 3 aromatic rings. The molecule has 1 aliphatic rings. The minimum Gasteiger partial charge on any atom is -0.291 e. The first-order chi connectivity index (χ1) is 11.3. The number of hydrogen-bond acceptors (Lipinski definition) is 4. The third-order valence-corrected chi connectivity index (χ3v) is 4.58. The maximum atomic E-state index is 4.92. The zero-order valence-electron chi connectivity index (χ0n) is 13.6. The molecule has 1 fully saturated rings. The molecule has 5 heteroatoms. The average molecular weight is 307 g/mol. The van der Waals surface area contributed by atoms with E-state index in [2.05, 4.69) is 33.3 Å². The van der Waals surface area contributed by atoms with E-state index in [0.29, 0.717) is 12.1 Å². The Bertz CT molecular complexity index is 809. The van der Waals surface area contributed by atoms with Crippen LogP contribution in [0.3, 0.4) is 0 Å². The van der Waals surface area contributed by atoms with Crippen molar-refractivity contribution in [3.05, 3.63) is 48.5 Å².